The number of aliphatic carboxylic acids is 1. The highest BCUT2D eigenvalue weighted by Gasteiger charge is 2.46. The number of carboxylic acids is 1. The van der Waals surface area contributed by atoms with Gasteiger partial charge in [-0.25, -0.2) is 4.79 Å². The van der Waals surface area contributed by atoms with Crippen molar-refractivity contribution in [3.05, 3.63) is 0 Å². The molecule has 0 aromatic carbocycles. The Morgan fingerprint density at radius 2 is 1.95 bits per heavy atom. The van der Waals surface area contributed by atoms with Crippen LogP contribution in [0.2, 0.25) is 0 Å². The van der Waals surface area contributed by atoms with Crippen molar-refractivity contribution in [3.8, 4) is 0 Å². The Balaban J connectivity index is 2.66. The molecular formula is C13H19F3N2O4. The van der Waals surface area contributed by atoms with E-state index in [9.17, 15) is 27.6 Å². The number of carboxylic acid groups (broad SMARTS) is 1. The van der Waals surface area contributed by atoms with Crippen LogP contribution in [0.3, 0.4) is 0 Å². The van der Waals surface area contributed by atoms with Crippen LogP contribution in [0, 0.1) is 11.8 Å². The van der Waals surface area contributed by atoms with Crippen LogP contribution >= 0.6 is 0 Å². The number of carbonyl (C=O) groups excluding carboxylic acids is 2. The zero-order valence-electron chi connectivity index (χ0n) is 12.2. The lowest BCUT2D eigenvalue weighted by Gasteiger charge is -2.30. The molecule has 0 unspecified atom stereocenters. The first-order chi connectivity index (χ1) is 10.0. The van der Waals surface area contributed by atoms with Gasteiger partial charge in [0.15, 0.2) is 0 Å². The van der Waals surface area contributed by atoms with Gasteiger partial charge >= 0.3 is 12.1 Å². The normalized spacial score (nSPS) is 23.8. The van der Waals surface area contributed by atoms with Crippen molar-refractivity contribution in [3.63, 3.8) is 0 Å². The molecule has 9 heteroatoms. The molecule has 0 aliphatic carbocycles. The van der Waals surface area contributed by atoms with Gasteiger partial charge in [0, 0.05) is 0 Å². The SMILES string of the molecule is CC(C)C[C@@H](NC(=O)[C@@H]1CC[C@@H](C(F)(F)F)NC1=O)C(=O)O. The molecule has 0 spiro atoms. The summed E-state index contributed by atoms with van der Waals surface area (Å²) in [5, 5.41) is 13.0. The monoisotopic (exact) mass is 324 g/mol. The molecule has 3 atom stereocenters. The predicted octanol–water partition coefficient (Wildman–Crippen LogP) is 1.06. The number of hydrogen-bond donors (Lipinski definition) is 3. The Morgan fingerprint density at radius 3 is 2.36 bits per heavy atom. The molecule has 3 N–H and O–H groups in total. The Bertz CT molecular complexity index is 451. The van der Waals surface area contributed by atoms with Crippen LogP contribution in [0.4, 0.5) is 13.2 Å². The zero-order chi connectivity index (χ0) is 17.1. The van der Waals surface area contributed by atoms with Crippen molar-refractivity contribution in [2.24, 2.45) is 11.8 Å². The summed E-state index contributed by atoms with van der Waals surface area (Å²) in [6.07, 6.45) is -5.07. The van der Waals surface area contributed by atoms with E-state index >= 15 is 0 Å². The maximum atomic E-state index is 12.5. The number of alkyl halides is 3. The van der Waals surface area contributed by atoms with Crippen LogP contribution in [0.25, 0.3) is 0 Å². The van der Waals surface area contributed by atoms with Crippen molar-refractivity contribution in [2.75, 3.05) is 0 Å². The largest absolute Gasteiger partial charge is 0.480 e. The molecule has 0 aromatic heterocycles. The predicted molar refractivity (Wildman–Crippen MR) is 69.7 cm³/mol. The quantitative estimate of drug-likeness (QED) is 0.659. The molecule has 2 amide bonds. The molecule has 6 nitrogen and oxygen atoms in total. The summed E-state index contributed by atoms with van der Waals surface area (Å²) in [5.41, 5.74) is 0. The number of halogens is 3. The molecule has 1 saturated heterocycles. The van der Waals surface area contributed by atoms with Crippen LogP contribution in [0.1, 0.15) is 33.1 Å². The fraction of sp³-hybridized carbons (Fsp3) is 0.769. The lowest BCUT2D eigenvalue weighted by Crippen LogP contribution is -2.56. The summed E-state index contributed by atoms with van der Waals surface area (Å²) < 4.78 is 37.5. The highest BCUT2D eigenvalue weighted by atomic mass is 19.4. The lowest BCUT2D eigenvalue weighted by molar-refractivity contribution is -0.171. The van der Waals surface area contributed by atoms with Gasteiger partial charge in [-0.3, -0.25) is 9.59 Å². The minimum Gasteiger partial charge on any atom is -0.480 e. The van der Waals surface area contributed by atoms with Gasteiger partial charge in [0.05, 0.1) is 0 Å². The number of carbonyl (C=O) groups is 3. The first kappa shape index (κ1) is 18.2. The Kier molecular flexibility index (Phi) is 5.78. The molecule has 0 saturated carbocycles. The van der Waals surface area contributed by atoms with E-state index in [0.717, 1.165) is 0 Å². The number of piperidine rings is 1. The van der Waals surface area contributed by atoms with E-state index in [2.05, 4.69) is 5.32 Å². The lowest BCUT2D eigenvalue weighted by atomic mass is 9.92. The number of rotatable bonds is 5. The number of nitrogens with one attached hydrogen (secondary N) is 2. The molecule has 1 aliphatic rings. The smallest absolute Gasteiger partial charge is 0.408 e. The summed E-state index contributed by atoms with van der Waals surface area (Å²) in [6, 6.07) is -3.13. The summed E-state index contributed by atoms with van der Waals surface area (Å²) >= 11 is 0. The fourth-order valence-corrected chi connectivity index (χ4v) is 2.27. The Labute approximate surface area is 125 Å². The second-order valence-electron chi connectivity index (χ2n) is 5.76. The first-order valence-corrected chi connectivity index (χ1v) is 6.92. The van der Waals surface area contributed by atoms with Gasteiger partial charge in [-0.05, 0) is 25.2 Å². The van der Waals surface area contributed by atoms with Gasteiger partial charge in [-0.1, -0.05) is 13.8 Å². The summed E-state index contributed by atoms with van der Waals surface area (Å²) in [6.45, 7) is 3.53. The zero-order valence-corrected chi connectivity index (χ0v) is 12.2. The third-order valence-corrected chi connectivity index (χ3v) is 3.41. The standard InChI is InChI=1S/C13H19F3N2O4/c1-6(2)5-8(12(21)22)17-10(19)7-3-4-9(13(14,15)16)18-11(7)20/h6-9H,3-5H2,1-2H3,(H,17,19)(H,18,20)(H,21,22)/t7-,8+,9-/m0/s1. The van der Waals surface area contributed by atoms with Crippen LogP contribution in [0.15, 0.2) is 0 Å². The Hall–Kier alpha value is -1.80. The van der Waals surface area contributed by atoms with Crippen molar-refractivity contribution < 1.29 is 32.7 Å². The van der Waals surface area contributed by atoms with Gasteiger partial charge < -0.3 is 15.7 Å². The van der Waals surface area contributed by atoms with E-state index in [1.807, 2.05) is 0 Å². The molecule has 1 rings (SSSR count). The van der Waals surface area contributed by atoms with Gasteiger partial charge in [0.25, 0.3) is 0 Å². The highest BCUT2D eigenvalue weighted by molar-refractivity contribution is 6.02. The van der Waals surface area contributed by atoms with Gasteiger partial charge in [0.2, 0.25) is 11.8 Å². The van der Waals surface area contributed by atoms with E-state index < -0.39 is 48.4 Å². The first-order valence-electron chi connectivity index (χ1n) is 6.92. The summed E-state index contributed by atoms with van der Waals surface area (Å²) in [5.74, 6) is -4.43. The molecule has 1 aliphatic heterocycles. The van der Waals surface area contributed by atoms with Crippen LogP contribution in [-0.2, 0) is 14.4 Å². The molecular weight excluding hydrogens is 305 g/mol. The highest BCUT2D eigenvalue weighted by Crippen LogP contribution is 2.28. The number of hydrogen-bond acceptors (Lipinski definition) is 3. The maximum Gasteiger partial charge on any atom is 0.408 e. The van der Waals surface area contributed by atoms with Crippen LogP contribution in [-0.4, -0.2) is 41.2 Å². The van der Waals surface area contributed by atoms with E-state index in [1.54, 1.807) is 19.2 Å². The molecule has 126 valence electrons. The van der Waals surface area contributed by atoms with Crippen LogP contribution < -0.4 is 10.6 Å². The Morgan fingerprint density at radius 1 is 1.36 bits per heavy atom. The minimum atomic E-state index is -4.56. The van der Waals surface area contributed by atoms with Gasteiger partial charge in [-0.15, -0.1) is 0 Å². The average molecular weight is 324 g/mol. The molecule has 22 heavy (non-hydrogen) atoms. The molecule has 0 radical (unpaired) electrons. The van der Waals surface area contributed by atoms with E-state index in [0.29, 0.717) is 0 Å². The summed E-state index contributed by atoms with van der Waals surface area (Å²) in [7, 11) is 0. The third kappa shape index (κ3) is 4.88. The van der Waals surface area contributed by atoms with Crippen LogP contribution in [0.5, 0.6) is 0 Å². The van der Waals surface area contributed by atoms with Crippen molar-refractivity contribution in [1.29, 1.82) is 0 Å². The van der Waals surface area contributed by atoms with Crippen molar-refractivity contribution in [2.45, 2.75) is 51.4 Å². The van der Waals surface area contributed by atoms with E-state index in [4.69, 9.17) is 5.11 Å². The topological polar surface area (TPSA) is 95.5 Å². The number of amides is 2. The van der Waals surface area contributed by atoms with Gasteiger partial charge in [-0.2, -0.15) is 13.2 Å². The second kappa shape index (κ2) is 6.97. The van der Waals surface area contributed by atoms with Crippen molar-refractivity contribution >= 4 is 17.8 Å². The molecule has 1 heterocycles. The molecule has 0 bridgehead atoms. The fourth-order valence-electron chi connectivity index (χ4n) is 2.27. The summed E-state index contributed by atoms with van der Waals surface area (Å²) in [4.78, 5) is 34.6. The average Bonchev–Trinajstić information content (AvgIpc) is 2.35. The maximum absolute atomic E-state index is 12.5. The minimum absolute atomic E-state index is 0.00353. The molecule has 1 fully saturated rings. The van der Waals surface area contributed by atoms with Gasteiger partial charge in [0.1, 0.15) is 18.0 Å². The van der Waals surface area contributed by atoms with E-state index in [1.165, 1.54) is 0 Å². The second-order valence-corrected chi connectivity index (χ2v) is 5.76. The molecule has 0 aromatic rings. The third-order valence-electron chi connectivity index (χ3n) is 3.41. The van der Waals surface area contributed by atoms with E-state index in [-0.39, 0.29) is 18.8 Å². The van der Waals surface area contributed by atoms with Crippen molar-refractivity contribution in [1.82, 2.24) is 10.6 Å².